The van der Waals surface area contributed by atoms with Gasteiger partial charge in [0, 0.05) is 7.05 Å². The van der Waals surface area contributed by atoms with Crippen LogP contribution < -0.4 is 10.5 Å². The Kier molecular flexibility index (Phi) is 5.30. The first kappa shape index (κ1) is 15.4. The molecule has 0 spiro atoms. The summed E-state index contributed by atoms with van der Waals surface area (Å²) in [5.74, 6) is -0.366. The molecule has 0 aliphatic carbocycles. The Morgan fingerprint density at radius 1 is 1.47 bits per heavy atom. The Hall–Kier alpha value is -1.62. The summed E-state index contributed by atoms with van der Waals surface area (Å²) in [6.07, 6.45) is 0.560. The first-order valence-corrected chi connectivity index (χ1v) is 6.30. The molecule has 0 aliphatic rings. The number of carbonyl (C=O) groups is 1. The number of carbonyl (C=O) groups excluding carboxylic acids is 1. The minimum absolute atomic E-state index is 0.146. The fraction of sp³-hybridized carbons (Fsp3) is 0.500. The number of ether oxygens (including phenoxy) is 1. The molecule has 1 unspecified atom stereocenters. The van der Waals surface area contributed by atoms with E-state index in [1.54, 1.807) is 32.2 Å². The van der Waals surface area contributed by atoms with Crippen LogP contribution in [0.1, 0.15) is 20.3 Å². The maximum atomic E-state index is 13.3. The minimum atomic E-state index is -0.868. The van der Waals surface area contributed by atoms with Crippen molar-refractivity contribution in [1.29, 1.82) is 0 Å². The van der Waals surface area contributed by atoms with Gasteiger partial charge in [-0.15, -0.1) is 0 Å². The van der Waals surface area contributed by atoms with Gasteiger partial charge in [-0.2, -0.15) is 0 Å². The van der Waals surface area contributed by atoms with E-state index in [-0.39, 0.29) is 18.3 Å². The first-order chi connectivity index (χ1) is 8.88. The van der Waals surface area contributed by atoms with Crippen LogP contribution in [-0.2, 0) is 4.79 Å². The van der Waals surface area contributed by atoms with Gasteiger partial charge in [0.05, 0.1) is 12.1 Å². The Balaban J connectivity index is 2.46. The average molecular weight is 268 g/mol. The number of likely N-dealkylation sites (N-methyl/N-ethyl adjacent to an activating group) is 1. The predicted molar refractivity (Wildman–Crippen MR) is 72.4 cm³/mol. The van der Waals surface area contributed by atoms with Crippen LogP contribution in [-0.4, -0.2) is 36.5 Å². The predicted octanol–water partition coefficient (Wildman–Crippen LogP) is 1.79. The number of nitrogens with two attached hydrogens (primary N) is 1. The quantitative estimate of drug-likeness (QED) is 0.855. The van der Waals surface area contributed by atoms with E-state index >= 15 is 0 Å². The lowest BCUT2D eigenvalue weighted by Gasteiger charge is -2.28. The van der Waals surface area contributed by atoms with Gasteiger partial charge in [0.2, 0.25) is 5.91 Å². The zero-order valence-corrected chi connectivity index (χ0v) is 11.6. The van der Waals surface area contributed by atoms with Crippen molar-refractivity contribution < 1.29 is 13.9 Å². The molecule has 0 radical (unpaired) electrons. The monoisotopic (exact) mass is 268 g/mol. The molecule has 1 aromatic rings. The molecule has 4 nitrogen and oxygen atoms in total. The molecule has 0 heterocycles. The topological polar surface area (TPSA) is 55.6 Å². The van der Waals surface area contributed by atoms with Crippen molar-refractivity contribution in [2.75, 3.05) is 20.2 Å². The van der Waals surface area contributed by atoms with Crippen molar-refractivity contribution in [3.8, 4) is 5.75 Å². The summed E-state index contributed by atoms with van der Waals surface area (Å²) in [7, 11) is 1.66. The SMILES string of the molecule is CCC(C)(N)C(=O)N(C)CCOc1ccccc1F. The zero-order chi connectivity index (χ0) is 14.5. The van der Waals surface area contributed by atoms with Crippen LogP contribution in [0.3, 0.4) is 0 Å². The summed E-state index contributed by atoms with van der Waals surface area (Å²) in [6, 6.07) is 6.18. The van der Waals surface area contributed by atoms with E-state index in [1.807, 2.05) is 6.92 Å². The fourth-order valence-corrected chi connectivity index (χ4v) is 1.54. The molecule has 106 valence electrons. The molecule has 1 atom stereocenters. The molecule has 5 heteroatoms. The third-order valence-corrected chi connectivity index (χ3v) is 3.09. The van der Waals surface area contributed by atoms with Crippen molar-refractivity contribution in [1.82, 2.24) is 4.90 Å². The van der Waals surface area contributed by atoms with Crippen LogP contribution in [0.5, 0.6) is 5.75 Å². The zero-order valence-electron chi connectivity index (χ0n) is 11.6. The molecule has 1 aromatic carbocycles. The van der Waals surface area contributed by atoms with Gasteiger partial charge in [-0.25, -0.2) is 4.39 Å². The number of hydrogen-bond acceptors (Lipinski definition) is 3. The van der Waals surface area contributed by atoms with E-state index in [1.165, 1.54) is 11.0 Å². The largest absolute Gasteiger partial charge is 0.489 e. The maximum Gasteiger partial charge on any atom is 0.242 e. The summed E-state index contributed by atoms with van der Waals surface area (Å²) in [4.78, 5) is 13.5. The summed E-state index contributed by atoms with van der Waals surface area (Å²) in [5.41, 5.74) is 5.01. The highest BCUT2D eigenvalue weighted by molar-refractivity contribution is 5.85. The van der Waals surface area contributed by atoms with E-state index in [0.717, 1.165) is 0 Å². The molecule has 0 aliphatic heterocycles. The van der Waals surface area contributed by atoms with Crippen LogP contribution in [0.25, 0.3) is 0 Å². The molecular formula is C14H21FN2O2. The van der Waals surface area contributed by atoms with Crippen LogP contribution in [0.2, 0.25) is 0 Å². The number of halogens is 1. The van der Waals surface area contributed by atoms with Crippen molar-refractivity contribution in [2.45, 2.75) is 25.8 Å². The third-order valence-electron chi connectivity index (χ3n) is 3.09. The number of amides is 1. The van der Waals surface area contributed by atoms with E-state index in [2.05, 4.69) is 0 Å². The lowest BCUT2D eigenvalue weighted by Crippen LogP contribution is -2.52. The van der Waals surface area contributed by atoms with Crippen molar-refractivity contribution in [3.05, 3.63) is 30.1 Å². The number of rotatable bonds is 6. The average Bonchev–Trinajstić information content (AvgIpc) is 2.39. The summed E-state index contributed by atoms with van der Waals surface area (Å²) in [6.45, 7) is 4.15. The highest BCUT2D eigenvalue weighted by Gasteiger charge is 2.28. The Morgan fingerprint density at radius 3 is 2.68 bits per heavy atom. The number of benzene rings is 1. The first-order valence-electron chi connectivity index (χ1n) is 6.30. The molecule has 0 aromatic heterocycles. The second-order valence-electron chi connectivity index (χ2n) is 4.78. The minimum Gasteiger partial charge on any atom is -0.489 e. The molecule has 0 saturated carbocycles. The van der Waals surface area contributed by atoms with Gasteiger partial charge in [-0.1, -0.05) is 19.1 Å². The van der Waals surface area contributed by atoms with Crippen LogP contribution in [0.4, 0.5) is 4.39 Å². The molecule has 0 bridgehead atoms. The second kappa shape index (κ2) is 6.52. The molecule has 1 rings (SSSR count). The number of hydrogen-bond donors (Lipinski definition) is 1. The van der Waals surface area contributed by atoms with Gasteiger partial charge >= 0.3 is 0 Å². The molecule has 1 amide bonds. The van der Waals surface area contributed by atoms with E-state index in [9.17, 15) is 9.18 Å². The van der Waals surface area contributed by atoms with Crippen LogP contribution >= 0.6 is 0 Å². The molecule has 19 heavy (non-hydrogen) atoms. The van der Waals surface area contributed by atoms with Gasteiger partial charge in [-0.05, 0) is 25.5 Å². The Labute approximate surface area is 113 Å². The third kappa shape index (κ3) is 4.21. The van der Waals surface area contributed by atoms with Crippen LogP contribution in [0, 0.1) is 5.82 Å². The highest BCUT2D eigenvalue weighted by Crippen LogP contribution is 2.15. The lowest BCUT2D eigenvalue weighted by molar-refractivity contribution is -0.135. The summed E-state index contributed by atoms with van der Waals surface area (Å²) >= 11 is 0. The van der Waals surface area contributed by atoms with Gasteiger partial charge in [0.25, 0.3) is 0 Å². The van der Waals surface area contributed by atoms with E-state index < -0.39 is 11.4 Å². The second-order valence-corrected chi connectivity index (χ2v) is 4.78. The van der Waals surface area contributed by atoms with E-state index in [0.29, 0.717) is 13.0 Å². The van der Waals surface area contributed by atoms with Gasteiger partial charge < -0.3 is 15.4 Å². The number of nitrogens with zero attached hydrogens (tertiary/aromatic N) is 1. The van der Waals surface area contributed by atoms with Gasteiger partial charge in [-0.3, -0.25) is 4.79 Å². The molecule has 0 saturated heterocycles. The van der Waals surface area contributed by atoms with Crippen molar-refractivity contribution in [3.63, 3.8) is 0 Å². The molecular weight excluding hydrogens is 247 g/mol. The highest BCUT2D eigenvalue weighted by atomic mass is 19.1. The fourth-order valence-electron chi connectivity index (χ4n) is 1.54. The summed E-state index contributed by atoms with van der Waals surface area (Å²) < 4.78 is 18.6. The van der Waals surface area contributed by atoms with Gasteiger partial charge in [0.15, 0.2) is 11.6 Å². The summed E-state index contributed by atoms with van der Waals surface area (Å²) in [5, 5.41) is 0. The normalized spacial score (nSPS) is 13.7. The van der Waals surface area contributed by atoms with Crippen molar-refractivity contribution >= 4 is 5.91 Å². The lowest BCUT2D eigenvalue weighted by atomic mass is 9.99. The number of para-hydroxylation sites is 1. The van der Waals surface area contributed by atoms with Gasteiger partial charge in [0.1, 0.15) is 6.61 Å². The van der Waals surface area contributed by atoms with E-state index in [4.69, 9.17) is 10.5 Å². The molecule has 0 fully saturated rings. The van der Waals surface area contributed by atoms with Crippen LogP contribution in [0.15, 0.2) is 24.3 Å². The smallest absolute Gasteiger partial charge is 0.242 e. The van der Waals surface area contributed by atoms with Crippen molar-refractivity contribution in [2.24, 2.45) is 5.73 Å². The standard InChI is InChI=1S/C14H21FN2O2/c1-4-14(2,16)13(18)17(3)9-10-19-12-8-6-5-7-11(12)15/h5-8H,4,9-10,16H2,1-3H3. The Bertz CT molecular complexity index is 435. The Morgan fingerprint density at radius 2 is 2.11 bits per heavy atom. The maximum absolute atomic E-state index is 13.3. The molecule has 2 N–H and O–H groups in total.